The van der Waals surface area contributed by atoms with E-state index >= 15 is 0 Å². The molecule has 1 amide bonds. The molecule has 5 nitrogen and oxygen atoms in total. The summed E-state index contributed by atoms with van der Waals surface area (Å²) in [6.45, 7) is 3.57. The maximum atomic E-state index is 12.0. The van der Waals surface area contributed by atoms with Crippen molar-refractivity contribution in [3.8, 4) is 0 Å². The lowest BCUT2D eigenvalue weighted by molar-refractivity contribution is -0.141. The second-order valence-electron chi connectivity index (χ2n) is 5.67. The summed E-state index contributed by atoms with van der Waals surface area (Å²) in [5.41, 5.74) is 3.41. The number of aryl methyl sites for hydroxylation is 1. The summed E-state index contributed by atoms with van der Waals surface area (Å²) in [7, 11) is 0. The first-order valence-corrected chi connectivity index (χ1v) is 7.47. The fraction of sp³-hybridized carbons (Fsp3) is 0.278. The van der Waals surface area contributed by atoms with E-state index in [2.05, 4.69) is 10.3 Å². The molecule has 0 radical (unpaired) electrons. The van der Waals surface area contributed by atoms with Crippen LogP contribution in [-0.4, -0.2) is 22.0 Å². The Morgan fingerprint density at radius 3 is 2.35 bits per heavy atom. The maximum Gasteiger partial charge on any atom is 0.306 e. The smallest absolute Gasteiger partial charge is 0.306 e. The van der Waals surface area contributed by atoms with Gasteiger partial charge in [0.05, 0.1) is 12.3 Å². The first-order valence-electron chi connectivity index (χ1n) is 7.47. The Hall–Kier alpha value is -2.69. The number of carbonyl (C=O) groups is 2. The molecule has 1 aromatic carbocycles. The second kappa shape index (κ2) is 7.54. The Labute approximate surface area is 135 Å². The zero-order valence-electron chi connectivity index (χ0n) is 13.2. The predicted molar refractivity (Wildman–Crippen MR) is 88.3 cm³/mol. The topological polar surface area (TPSA) is 79.3 Å². The van der Waals surface area contributed by atoms with Gasteiger partial charge in [0.1, 0.15) is 0 Å². The zero-order valence-corrected chi connectivity index (χ0v) is 13.2. The molecule has 0 fully saturated rings. The van der Waals surface area contributed by atoms with Crippen molar-refractivity contribution in [3.05, 3.63) is 59.4 Å². The highest BCUT2D eigenvalue weighted by molar-refractivity contribution is 5.92. The van der Waals surface area contributed by atoms with Crippen LogP contribution in [0.4, 0.5) is 5.69 Å². The highest BCUT2D eigenvalue weighted by Crippen LogP contribution is 2.14. The van der Waals surface area contributed by atoms with E-state index in [-0.39, 0.29) is 12.3 Å². The van der Waals surface area contributed by atoms with Gasteiger partial charge in [0.15, 0.2) is 0 Å². The molecule has 0 spiro atoms. The third-order valence-electron chi connectivity index (χ3n) is 3.54. The van der Waals surface area contributed by atoms with Crippen molar-refractivity contribution < 1.29 is 14.7 Å². The molecule has 23 heavy (non-hydrogen) atoms. The van der Waals surface area contributed by atoms with Gasteiger partial charge < -0.3 is 10.4 Å². The number of hydrogen-bond acceptors (Lipinski definition) is 3. The van der Waals surface area contributed by atoms with Gasteiger partial charge in [0.2, 0.25) is 5.91 Å². The number of aliphatic carboxylic acids is 1. The van der Waals surface area contributed by atoms with Crippen molar-refractivity contribution in [3.63, 3.8) is 0 Å². The van der Waals surface area contributed by atoms with Crippen LogP contribution >= 0.6 is 0 Å². The summed E-state index contributed by atoms with van der Waals surface area (Å²) < 4.78 is 0. The molecule has 0 aliphatic heterocycles. The van der Waals surface area contributed by atoms with E-state index in [1.165, 1.54) is 0 Å². The highest BCUT2D eigenvalue weighted by atomic mass is 16.4. The zero-order chi connectivity index (χ0) is 16.8. The van der Waals surface area contributed by atoms with Gasteiger partial charge in [-0.05, 0) is 42.7 Å². The number of carboxylic acids is 1. The first-order chi connectivity index (χ1) is 10.9. The van der Waals surface area contributed by atoms with Crippen LogP contribution in [0.15, 0.2) is 42.6 Å². The van der Waals surface area contributed by atoms with Crippen molar-refractivity contribution in [2.45, 2.75) is 26.7 Å². The van der Waals surface area contributed by atoms with Crippen LogP contribution in [0.1, 0.15) is 23.7 Å². The van der Waals surface area contributed by atoms with Crippen LogP contribution in [0.2, 0.25) is 0 Å². The number of nitrogens with one attached hydrogen (secondary N) is 1. The van der Waals surface area contributed by atoms with Crippen LogP contribution in [0.5, 0.6) is 0 Å². The number of aromatic nitrogens is 1. The Balaban J connectivity index is 1.91. The highest BCUT2D eigenvalue weighted by Gasteiger charge is 2.11. The van der Waals surface area contributed by atoms with Gasteiger partial charge in [-0.3, -0.25) is 14.6 Å². The number of carboxylic acid groups (broad SMARTS) is 1. The van der Waals surface area contributed by atoms with E-state index in [1.54, 1.807) is 25.3 Å². The molecular weight excluding hydrogens is 292 g/mol. The lowest BCUT2D eigenvalue weighted by atomic mass is 10.0. The number of carbonyl (C=O) groups excluding carboxylic acids is 1. The van der Waals surface area contributed by atoms with Crippen LogP contribution in [-0.2, 0) is 22.4 Å². The average Bonchev–Trinajstić information content (AvgIpc) is 2.51. The van der Waals surface area contributed by atoms with Gasteiger partial charge in [-0.2, -0.15) is 0 Å². The molecule has 1 aromatic heterocycles. The Morgan fingerprint density at radius 2 is 1.78 bits per heavy atom. The average molecular weight is 312 g/mol. The van der Waals surface area contributed by atoms with Crippen LogP contribution < -0.4 is 5.32 Å². The van der Waals surface area contributed by atoms with Crippen molar-refractivity contribution in [2.75, 3.05) is 5.32 Å². The monoisotopic (exact) mass is 312 g/mol. The molecule has 0 saturated heterocycles. The van der Waals surface area contributed by atoms with Crippen molar-refractivity contribution in [2.24, 2.45) is 5.92 Å². The third-order valence-corrected chi connectivity index (χ3v) is 3.54. The lowest BCUT2D eigenvalue weighted by Crippen LogP contribution is -2.15. The number of pyridine rings is 1. The molecule has 5 heteroatoms. The van der Waals surface area contributed by atoms with E-state index < -0.39 is 11.9 Å². The van der Waals surface area contributed by atoms with E-state index in [9.17, 15) is 9.59 Å². The van der Waals surface area contributed by atoms with Crippen LogP contribution in [0.3, 0.4) is 0 Å². The van der Waals surface area contributed by atoms with E-state index in [0.29, 0.717) is 12.1 Å². The molecule has 0 aliphatic carbocycles. The molecule has 0 bridgehead atoms. The summed E-state index contributed by atoms with van der Waals surface area (Å²) in [5.74, 6) is -1.35. The van der Waals surface area contributed by atoms with Crippen molar-refractivity contribution >= 4 is 17.6 Å². The van der Waals surface area contributed by atoms with Gasteiger partial charge in [-0.25, -0.2) is 0 Å². The normalized spacial score (nSPS) is 11.7. The second-order valence-corrected chi connectivity index (χ2v) is 5.67. The minimum absolute atomic E-state index is 0.109. The maximum absolute atomic E-state index is 12.0. The summed E-state index contributed by atoms with van der Waals surface area (Å²) in [6.07, 6.45) is 2.44. The Bertz CT molecular complexity index is 678. The Kier molecular flexibility index (Phi) is 5.46. The third kappa shape index (κ3) is 5.21. The summed E-state index contributed by atoms with van der Waals surface area (Å²) in [6, 6.07) is 11.0. The number of hydrogen-bond donors (Lipinski definition) is 2. The van der Waals surface area contributed by atoms with Gasteiger partial charge in [-0.15, -0.1) is 0 Å². The summed E-state index contributed by atoms with van der Waals surface area (Å²) in [5, 5.41) is 11.7. The molecule has 120 valence electrons. The number of amides is 1. The van der Waals surface area contributed by atoms with E-state index in [4.69, 9.17) is 5.11 Å². The fourth-order valence-electron chi connectivity index (χ4n) is 2.16. The molecule has 1 heterocycles. The number of nitrogens with zero attached hydrogens (tertiary/aromatic N) is 1. The van der Waals surface area contributed by atoms with E-state index in [0.717, 1.165) is 16.8 Å². The van der Waals surface area contributed by atoms with E-state index in [1.807, 2.05) is 31.2 Å². The van der Waals surface area contributed by atoms with Crippen LogP contribution in [0.25, 0.3) is 0 Å². The standard InChI is InChI=1S/C18H20N2O3/c1-12(18(22)23)9-14-5-7-16(8-6-14)20-17(21)10-15-4-3-13(2)19-11-15/h3-8,11-12H,9-10H2,1-2H3,(H,20,21)(H,22,23). The first kappa shape index (κ1) is 16.7. The van der Waals surface area contributed by atoms with Crippen molar-refractivity contribution in [1.82, 2.24) is 4.98 Å². The molecule has 0 saturated carbocycles. The minimum Gasteiger partial charge on any atom is -0.481 e. The number of benzene rings is 1. The summed E-state index contributed by atoms with van der Waals surface area (Å²) >= 11 is 0. The molecule has 2 aromatic rings. The summed E-state index contributed by atoms with van der Waals surface area (Å²) in [4.78, 5) is 27.0. The van der Waals surface area contributed by atoms with Crippen molar-refractivity contribution in [1.29, 1.82) is 0 Å². The lowest BCUT2D eigenvalue weighted by Gasteiger charge is -2.08. The molecule has 2 rings (SSSR count). The quantitative estimate of drug-likeness (QED) is 0.859. The largest absolute Gasteiger partial charge is 0.481 e. The Morgan fingerprint density at radius 1 is 1.13 bits per heavy atom. The van der Waals surface area contributed by atoms with Gasteiger partial charge in [-0.1, -0.05) is 25.1 Å². The number of anilines is 1. The van der Waals surface area contributed by atoms with Crippen LogP contribution in [0, 0.1) is 12.8 Å². The van der Waals surface area contributed by atoms with Gasteiger partial charge >= 0.3 is 5.97 Å². The molecule has 1 atom stereocenters. The SMILES string of the molecule is Cc1ccc(CC(=O)Nc2ccc(CC(C)C(=O)O)cc2)cn1. The molecule has 0 aliphatic rings. The molecule has 2 N–H and O–H groups in total. The minimum atomic E-state index is -0.811. The molecular formula is C18H20N2O3. The van der Waals surface area contributed by atoms with Gasteiger partial charge in [0, 0.05) is 17.6 Å². The number of rotatable bonds is 6. The predicted octanol–water partition coefficient (Wildman–Crippen LogP) is 2.83. The van der Waals surface area contributed by atoms with Gasteiger partial charge in [0.25, 0.3) is 0 Å². The fourth-order valence-corrected chi connectivity index (χ4v) is 2.16. The molecule has 1 unspecified atom stereocenters.